The first-order valence-electron chi connectivity index (χ1n) is 7.62. The molecular formula is C14H22N6O. The maximum atomic E-state index is 9.09. The molecule has 0 aliphatic carbocycles. The van der Waals surface area contributed by atoms with Gasteiger partial charge in [-0.05, 0) is 25.2 Å². The van der Waals surface area contributed by atoms with Crippen LogP contribution in [0.5, 0.6) is 0 Å². The second-order valence-corrected chi connectivity index (χ2v) is 5.51. The van der Waals surface area contributed by atoms with Crippen molar-refractivity contribution in [2.24, 2.45) is 5.92 Å². The summed E-state index contributed by atoms with van der Waals surface area (Å²) >= 11 is 0. The van der Waals surface area contributed by atoms with Gasteiger partial charge in [-0.2, -0.15) is 9.97 Å². The molecule has 0 saturated carbocycles. The van der Waals surface area contributed by atoms with Gasteiger partial charge >= 0.3 is 0 Å². The molecule has 1 atom stereocenters. The summed E-state index contributed by atoms with van der Waals surface area (Å²) < 4.78 is 0. The van der Waals surface area contributed by atoms with Gasteiger partial charge in [0, 0.05) is 26.2 Å². The van der Waals surface area contributed by atoms with E-state index in [4.69, 9.17) is 5.11 Å². The summed E-state index contributed by atoms with van der Waals surface area (Å²) in [5.41, 5.74) is 1.59. The maximum absolute atomic E-state index is 9.09. The Morgan fingerprint density at radius 1 is 1.48 bits per heavy atom. The van der Waals surface area contributed by atoms with Gasteiger partial charge < -0.3 is 20.3 Å². The number of aliphatic hydroxyl groups excluding tert-OH is 1. The van der Waals surface area contributed by atoms with Crippen LogP contribution in [0.1, 0.15) is 26.2 Å². The van der Waals surface area contributed by atoms with Gasteiger partial charge in [0.25, 0.3) is 0 Å². The molecule has 2 aromatic rings. The van der Waals surface area contributed by atoms with Crippen LogP contribution in [0, 0.1) is 5.92 Å². The van der Waals surface area contributed by atoms with Gasteiger partial charge in [0.1, 0.15) is 5.52 Å². The van der Waals surface area contributed by atoms with Gasteiger partial charge in [-0.25, -0.2) is 4.98 Å². The van der Waals surface area contributed by atoms with Crippen molar-refractivity contribution in [2.45, 2.75) is 26.2 Å². The first kappa shape index (κ1) is 14.1. The largest absolute Gasteiger partial charge is 0.396 e. The van der Waals surface area contributed by atoms with Crippen molar-refractivity contribution >= 4 is 22.9 Å². The van der Waals surface area contributed by atoms with E-state index in [0.717, 1.165) is 50.2 Å². The number of nitrogens with zero attached hydrogens (tertiary/aromatic N) is 4. The van der Waals surface area contributed by atoms with Crippen LogP contribution >= 0.6 is 0 Å². The molecule has 114 valence electrons. The lowest BCUT2D eigenvalue weighted by Crippen LogP contribution is -2.22. The first-order valence-corrected chi connectivity index (χ1v) is 7.62. The van der Waals surface area contributed by atoms with E-state index < -0.39 is 0 Å². The Hall–Kier alpha value is -1.89. The Kier molecular flexibility index (Phi) is 4.19. The van der Waals surface area contributed by atoms with Crippen molar-refractivity contribution in [3.63, 3.8) is 0 Å². The van der Waals surface area contributed by atoms with E-state index in [2.05, 4.69) is 37.1 Å². The third kappa shape index (κ3) is 2.92. The zero-order valence-electron chi connectivity index (χ0n) is 12.3. The molecule has 3 N–H and O–H groups in total. The molecular weight excluding hydrogens is 268 g/mol. The minimum atomic E-state index is 0.255. The van der Waals surface area contributed by atoms with Crippen molar-refractivity contribution < 1.29 is 5.11 Å². The molecule has 0 bridgehead atoms. The van der Waals surface area contributed by atoms with Crippen LogP contribution in [0.4, 0.5) is 11.8 Å². The minimum absolute atomic E-state index is 0.255. The van der Waals surface area contributed by atoms with E-state index in [1.54, 1.807) is 6.33 Å². The van der Waals surface area contributed by atoms with Gasteiger partial charge in [-0.1, -0.05) is 6.92 Å². The number of aromatic nitrogens is 4. The Balaban J connectivity index is 1.87. The second-order valence-electron chi connectivity index (χ2n) is 5.51. The molecule has 7 nitrogen and oxygen atoms in total. The van der Waals surface area contributed by atoms with Crippen LogP contribution in [0.3, 0.4) is 0 Å². The molecule has 1 unspecified atom stereocenters. The SMILES string of the molecule is CCCNc1nc(N2CCC(CCO)C2)c2[nH]cnc2n1. The highest BCUT2D eigenvalue weighted by atomic mass is 16.3. The lowest BCUT2D eigenvalue weighted by molar-refractivity contribution is 0.263. The topological polar surface area (TPSA) is 90.0 Å². The molecule has 0 radical (unpaired) electrons. The summed E-state index contributed by atoms with van der Waals surface area (Å²) in [4.78, 5) is 18.8. The predicted molar refractivity (Wildman–Crippen MR) is 82.5 cm³/mol. The van der Waals surface area contributed by atoms with Crippen LogP contribution in [-0.2, 0) is 0 Å². The molecule has 1 saturated heterocycles. The van der Waals surface area contributed by atoms with Gasteiger partial charge in [-0.3, -0.25) is 0 Å². The molecule has 1 aliphatic rings. The number of aliphatic hydroxyl groups is 1. The van der Waals surface area contributed by atoms with E-state index in [-0.39, 0.29) is 6.61 Å². The Morgan fingerprint density at radius 2 is 2.38 bits per heavy atom. The zero-order valence-corrected chi connectivity index (χ0v) is 12.3. The summed E-state index contributed by atoms with van der Waals surface area (Å²) in [6.07, 6.45) is 4.64. The third-order valence-electron chi connectivity index (χ3n) is 3.92. The molecule has 1 fully saturated rings. The summed E-state index contributed by atoms with van der Waals surface area (Å²) in [5, 5.41) is 12.3. The van der Waals surface area contributed by atoms with Gasteiger partial charge in [0.2, 0.25) is 5.95 Å². The quantitative estimate of drug-likeness (QED) is 0.745. The summed E-state index contributed by atoms with van der Waals surface area (Å²) in [5.74, 6) is 2.09. The van der Waals surface area contributed by atoms with E-state index >= 15 is 0 Å². The molecule has 7 heteroatoms. The van der Waals surface area contributed by atoms with Crippen molar-refractivity contribution in [3.8, 4) is 0 Å². The average molecular weight is 290 g/mol. The Bertz CT molecular complexity index is 598. The molecule has 21 heavy (non-hydrogen) atoms. The zero-order chi connectivity index (χ0) is 14.7. The number of imidazole rings is 1. The highest BCUT2D eigenvalue weighted by Crippen LogP contribution is 2.29. The van der Waals surface area contributed by atoms with Crippen molar-refractivity contribution in [3.05, 3.63) is 6.33 Å². The smallest absolute Gasteiger partial charge is 0.226 e. The van der Waals surface area contributed by atoms with Crippen LogP contribution in [0.25, 0.3) is 11.2 Å². The average Bonchev–Trinajstić information content (AvgIpc) is 3.13. The van der Waals surface area contributed by atoms with Crippen molar-refractivity contribution in [1.82, 2.24) is 19.9 Å². The molecule has 1 aliphatic heterocycles. The third-order valence-corrected chi connectivity index (χ3v) is 3.92. The monoisotopic (exact) mass is 290 g/mol. The van der Waals surface area contributed by atoms with E-state index in [1.165, 1.54) is 0 Å². The van der Waals surface area contributed by atoms with Crippen LogP contribution < -0.4 is 10.2 Å². The second kappa shape index (κ2) is 6.26. The van der Waals surface area contributed by atoms with Crippen LogP contribution in [0.15, 0.2) is 6.33 Å². The fourth-order valence-electron chi connectivity index (χ4n) is 2.81. The fraction of sp³-hybridized carbons (Fsp3) is 0.643. The van der Waals surface area contributed by atoms with Crippen LogP contribution in [0.2, 0.25) is 0 Å². The molecule has 0 spiro atoms. The highest BCUT2D eigenvalue weighted by molar-refractivity contribution is 5.84. The molecule has 3 heterocycles. The lowest BCUT2D eigenvalue weighted by Gasteiger charge is -2.18. The highest BCUT2D eigenvalue weighted by Gasteiger charge is 2.25. The number of anilines is 2. The van der Waals surface area contributed by atoms with E-state index in [0.29, 0.717) is 17.5 Å². The molecule has 0 aromatic carbocycles. The van der Waals surface area contributed by atoms with E-state index in [1.807, 2.05) is 0 Å². The summed E-state index contributed by atoms with van der Waals surface area (Å²) in [6, 6.07) is 0. The van der Waals surface area contributed by atoms with E-state index in [9.17, 15) is 0 Å². The van der Waals surface area contributed by atoms with Gasteiger partial charge in [-0.15, -0.1) is 0 Å². The van der Waals surface area contributed by atoms with Crippen molar-refractivity contribution in [1.29, 1.82) is 0 Å². The number of aromatic amines is 1. The van der Waals surface area contributed by atoms with Crippen LogP contribution in [-0.4, -0.2) is 51.3 Å². The number of nitrogens with one attached hydrogen (secondary N) is 2. The predicted octanol–water partition coefficient (Wildman–Crippen LogP) is 1.38. The standard InChI is InChI=1S/C14H22N6O/c1-2-5-15-14-18-12-11(16-9-17-12)13(19-14)20-6-3-10(8-20)4-7-21/h9-10,21H,2-8H2,1H3,(H2,15,16,17,18,19). The molecule has 0 amide bonds. The van der Waals surface area contributed by atoms with Crippen molar-refractivity contribution in [2.75, 3.05) is 36.5 Å². The number of fused-ring (bicyclic) bond motifs is 1. The number of H-pyrrole nitrogens is 1. The lowest BCUT2D eigenvalue weighted by atomic mass is 10.1. The molecule has 2 aromatic heterocycles. The fourth-order valence-corrected chi connectivity index (χ4v) is 2.81. The Morgan fingerprint density at radius 3 is 3.19 bits per heavy atom. The number of hydrogen-bond acceptors (Lipinski definition) is 6. The number of hydrogen-bond donors (Lipinski definition) is 3. The van der Waals surface area contributed by atoms with Gasteiger partial charge in [0.15, 0.2) is 11.5 Å². The summed E-state index contributed by atoms with van der Waals surface area (Å²) in [7, 11) is 0. The Labute approximate surface area is 123 Å². The minimum Gasteiger partial charge on any atom is -0.396 e. The first-order chi connectivity index (χ1) is 10.3. The van der Waals surface area contributed by atoms with Gasteiger partial charge in [0.05, 0.1) is 6.33 Å². The number of rotatable bonds is 6. The maximum Gasteiger partial charge on any atom is 0.226 e. The normalized spacial score (nSPS) is 18.6. The molecule has 3 rings (SSSR count). The summed E-state index contributed by atoms with van der Waals surface area (Å²) in [6.45, 7) is 5.11.